The smallest absolute Gasteiger partial charge is 0.163 e. The lowest BCUT2D eigenvalue weighted by Crippen LogP contribution is -2.29. The third-order valence-corrected chi connectivity index (χ3v) is 11.6. The Bertz CT molecular complexity index is 3550. The van der Waals surface area contributed by atoms with Gasteiger partial charge in [-0.05, 0) is 86.3 Å². The average molecular weight is 744 g/mol. The molecular weight excluding hydrogens is 711 g/mol. The Labute approximate surface area is 332 Å². The SMILES string of the molecule is C1=c2ccc(-c3ccccc3)cc2=CCC1c1nc(-c2ccc(-c3cccc4oc5ccccc5c34)cc2)nc(-c2ccc3c(ccc4oc5ccccc5c43)c2)n1. The molecule has 0 fully saturated rings. The molecule has 58 heavy (non-hydrogen) atoms. The predicted molar refractivity (Wildman–Crippen MR) is 236 cm³/mol. The van der Waals surface area contributed by atoms with Crippen molar-refractivity contribution in [2.45, 2.75) is 12.3 Å². The van der Waals surface area contributed by atoms with Gasteiger partial charge < -0.3 is 8.83 Å². The second-order valence-corrected chi connectivity index (χ2v) is 15.1. The van der Waals surface area contributed by atoms with Gasteiger partial charge in [-0.15, -0.1) is 0 Å². The van der Waals surface area contributed by atoms with Crippen LogP contribution in [-0.4, -0.2) is 15.0 Å². The van der Waals surface area contributed by atoms with Crippen molar-refractivity contribution < 1.29 is 8.83 Å². The second-order valence-electron chi connectivity index (χ2n) is 15.1. The van der Waals surface area contributed by atoms with E-state index in [1.54, 1.807) is 0 Å². The summed E-state index contributed by atoms with van der Waals surface area (Å²) in [5, 5.41) is 9.12. The van der Waals surface area contributed by atoms with E-state index in [0.29, 0.717) is 11.6 Å². The summed E-state index contributed by atoms with van der Waals surface area (Å²) in [6, 6.07) is 59.2. The van der Waals surface area contributed by atoms with Crippen LogP contribution in [-0.2, 0) is 0 Å². The number of rotatable bonds is 5. The van der Waals surface area contributed by atoms with Gasteiger partial charge in [0, 0.05) is 38.6 Å². The molecule has 1 unspecified atom stereocenters. The third-order valence-electron chi connectivity index (χ3n) is 11.6. The molecule has 0 radical (unpaired) electrons. The largest absolute Gasteiger partial charge is 0.456 e. The van der Waals surface area contributed by atoms with E-state index in [1.807, 2.05) is 30.3 Å². The van der Waals surface area contributed by atoms with E-state index in [2.05, 4.69) is 152 Å². The van der Waals surface area contributed by atoms with E-state index in [9.17, 15) is 0 Å². The molecule has 5 nitrogen and oxygen atoms in total. The fourth-order valence-electron chi connectivity index (χ4n) is 8.75. The van der Waals surface area contributed by atoms with Crippen molar-refractivity contribution >= 4 is 66.8 Å². The lowest BCUT2D eigenvalue weighted by Gasteiger charge is -2.16. The lowest BCUT2D eigenvalue weighted by molar-refractivity contribution is 0.668. The number of nitrogens with zero attached hydrogens (tertiary/aromatic N) is 3. The molecule has 0 saturated carbocycles. The maximum absolute atomic E-state index is 6.21. The molecule has 272 valence electrons. The number of para-hydroxylation sites is 2. The average Bonchev–Trinajstić information content (AvgIpc) is 3.88. The number of furan rings is 2. The monoisotopic (exact) mass is 743 g/mol. The molecule has 1 aliphatic rings. The quantitative estimate of drug-likeness (QED) is 0.176. The summed E-state index contributed by atoms with van der Waals surface area (Å²) in [7, 11) is 0. The molecule has 12 rings (SSSR count). The standard InChI is InChI=1S/C53H33N3O2/c1-2-9-32(10-3-1)35-21-22-37-30-39(24-23-36(37)29-35)52-54-51(34-19-17-33(18-20-34)41-13-8-16-47-49(41)43-11-4-6-14-45(43)57-47)55-53(56-52)40-25-27-42-38(31-40)26-28-48-50(42)44-12-5-7-15-46(44)58-48/h1-23,25-31,39H,24H2. The van der Waals surface area contributed by atoms with Crippen LogP contribution in [0.5, 0.6) is 0 Å². The Hall–Kier alpha value is -7.63. The van der Waals surface area contributed by atoms with Crippen molar-refractivity contribution in [2.75, 3.05) is 0 Å². The topological polar surface area (TPSA) is 65.0 Å². The van der Waals surface area contributed by atoms with Crippen molar-refractivity contribution in [2.24, 2.45) is 0 Å². The van der Waals surface area contributed by atoms with Gasteiger partial charge in [-0.3, -0.25) is 0 Å². The minimum atomic E-state index is -0.0146. The molecule has 0 amide bonds. The number of hydrogen-bond donors (Lipinski definition) is 0. The first-order valence-corrected chi connectivity index (χ1v) is 19.7. The molecule has 11 aromatic rings. The van der Waals surface area contributed by atoms with Gasteiger partial charge in [-0.2, -0.15) is 0 Å². The molecular formula is C53H33N3O2. The van der Waals surface area contributed by atoms with Crippen molar-refractivity contribution in [3.05, 3.63) is 186 Å². The van der Waals surface area contributed by atoms with Gasteiger partial charge in [-0.1, -0.05) is 146 Å². The highest BCUT2D eigenvalue weighted by Gasteiger charge is 2.20. The zero-order chi connectivity index (χ0) is 38.2. The highest BCUT2D eigenvalue weighted by Crippen LogP contribution is 2.39. The highest BCUT2D eigenvalue weighted by molar-refractivity contribution is 6.19. The first-order chi connectivity index (χ1) is 28.7. The number of hydrogen-bond acceptors (Lipinski definition) is 5. The zero-order valence-corrected chi connectivity index (χ0v) is 31.3. The third kappa shape index (κ3) is 5.35. The molecule has 0 aliphatic heterocycles. The van der Waals surface area contributed by atoms with Crippen molar-refractivity contribution in [1.29, 1.82) is 0 Å². The predicted octanol–water partition coefficient (Wildman–Crippen LogP) is 12.2. The molecule has 5 heteroatoms. The lowest BCUT2D eigenvalue weighted by atomic mass is 9.94. The van der Waals surface area contributed by atoms with Gasteiger partial charge in [0.15, 0.2) is 11.6 Å². The van der Waals surface area contributed by atoms with Crippen LogP contribution in [0.25, 0.3) is 112 Å². The van der Waals surface area contributed by atoms with Crippen LogP contribution in [0.4, 0.5) is 0 Å². The fourth-order valence-corrected chi connectivity index (χ4v) is 8.75. The maximum atomic E-state index is 6.21. The summed E-state index contributed by atoms with van der Waals surface area (Å²) in [5.41, 5.74) is 10.1. The van der Waals surface area contributed by atoms with Crippen LogP contribution < -0.4 is 10.4 Å². The number of benzene rings is 8. The summed E-state index contributed by atoms with van der Waals surface area (Å²) in [4.78, 5) is 15.6. The molecule has 3 aromatic heterocycles. The van der Waals surface area contributed by atoms with Crippen molar-refractivity contribution in [3.8, 4) is 45.0 Å². The van der Waals surface area contributed by atoms with Gasteiger partial charge >= 0.3 is 0 Å². The van der Waals surface area contributed by atoms with E-state index in [4.69, 9.17) is 23.8 Å². The molecule has 0 saturated heterocycles. The number of fused-ring (bicyclic) bond motifs is 9. The minimum Gasteiger partial charge on any atom is -0.456 e. The Morgan fingerprint density at radius 3 is 1.88 bits per heavy atom. The molecule has 1 aliphatic carbocycles. The maximum Gasteiger partial charge on any atom is 0.163 e. The van der Waals surface area contributed by atoms with Crippen LogP contribution in [0.3, 0.4) is 0 Å². The van der Waals surface area contributed by atoms with Crippen LogP contribution in [0.1, 0.15) is 18.2 Å². The summed E-state index contributed by atoms with van der Waals surface area (Å²) in [6.45, 7) is 0. The minimum absolute atomic E-state index is 0.0146. The van der Waals surface area contributed by atoms with E-state index in [1.165, 1.54) is 21.6 Å². The molecule has 1 atom stereocenters. The Balaban J connectivity index is 0.980. The normalized spacial score (nSPS) is 13.9. The van der Waals surface area contributed by atoms with Gasteiger partial charge in [0.25, 0.3) is 0 Å². The summed E-state index contributed by atoms with van der Waals surface area (Å²) >= 11 is 0. The summed E-state index contributed by atoms with van der Waals surface area (Å²) < 4.78 is 12.4. The summed E-state index contributed by atoms with van der Waals surface area (Å²) in [6.07, 6.45) is 5.42. The fraction of sp³-hybridized carbons (Fsp3) is 0.0377. The van der Waals surface area contributed by atoms with Gasteiger partial charge in [0.2, 0.25) is 0 Å². The van der Waals surface area contributed by atoms with E-state index in [0.717, 1.165) is 89.1 Å². The van der Waals surface area contributed by atoms with E-state index < -0.39 is 0 Å². The molecule has 0 N–H and O–H groups in total. The number of aromatic nitrogens is 3. The van der Waals surface area contributed by atoms with Crippen LogP contribution in [0.2, 0.25) is 0 Å². The first kappa shape index (κ1) is 32.6. The van der Waals surface area contributed by atoms with Gasteiger partial charge in [-0.25, -0.2) is 15.0 Å². The van der Waals surface area contributed by atoms with Crippen LogP contribution in [0, 0.1) is 0 Å². The second kappa shape index (κ2) is 13.0. The van der Waals surface area contributed by atoms with Gasteiger partial charge in [0.1, 0.15) is 28.2 Å². The first-order valence-electron chi connectivity index (χ1n) is 19.7. The summed E-state index contributed by atoms with van der Waals surface area (Å²) in [5.74, 6) is 2.04. The molecule has 0 bridgehead atoms. The Morgan fingerprint density at radius 1 is 0.414 bits per heavy atom. The Kier molecular flexibility index (Phi) is 7.29. The Morgan fingerprint density at radius 2 is 1.07 bits per heavy atom. The molecule has 0 spiro atoms. The van der Waals surface area contributed by atoms with Crippen LogP contribution in [0.15, 0.2) is 179 Å². The zero-order valence-electron chi connectivity index (χ0n) is 31.3. The van der Waals surface area contributed by atoms with E-state index >= 15 is 0 Å². The highest BCUT2D eigenvalue weighted by atomic mass is 16.3. The molecule has 8 aromatic carbocycles. The van der Waals surface area contributed by atoms with E-state index in [-0.39, 0.29) is 5.92 Å². The van der Waals surface area contributed by atoms with Crippen LogP contribution >= 0.6 is 0 Å². The van der Waals surface area contributed by atoms with Crippen molar-refractivity contribution in [3.63, 3.8) is 0 Å². The van der Waals surface area contributed by atoms with Gasteiger partial charge in [0.05, 0.1) is 0 Å². The van der Waals surface area contributed by atoms with Crippen molar-refractivity contribution in [1.82, 2.24) is 15.0 Å². The molecule has 3 heterocycles.